The zero-order valence-corrected chi connectivity index (χ0v) is 14.3. The molecule has 0 spiro atoms. The van der Waals surface area contributed by atoms with Gasteiger partial charge in [0.1, 0.15) is 0 Å². The monoisotopic (exact) mass is 344 g/mol. The number of anilines is 1. The van der Waals surface area contributed by atoms with E-state index >= 15 is 0 Å². The maximum absolute atomic E-state index is 12.5. The molecule has 124 valence electrons. The summed E-state index contributed by atoms with van der Waals surface area (Å²) in [6.45, 7) is 3.25. The van der Waals surface area contributed by atoms with Crippen molar-refractivity contribution in [2.75, 3.05) is 12.4 Å². The molecule has 0 saturated heterocycles. The van der Waals surface area contributed by atoms with Crippen molar-refractivity contribution in [2.24, 2.45) is 0 Å². The number of carbonyl (C=O) groups is 3. The maximum Gasteiger partial charge on any atom is 0.255 e. The Kier molecular flexibility index (Phi) is 5.36. The first-order valence-corrected chi connectivity index (χ1v) is 7.66. The van der Waals surface area contributed by atoms with E-state index in [0.29, 0.717) is 27.4 Å². The van der Waals surface area contributed by atoms with E-state index in [9.17, 15) is 14.4 Å². The minimum absolute atomic E-state index is 0.115. The number of rotatable bonds is 4. The van der Waals surface area contributed by atoms with Crippen molar-refractivity contribution in [3.05, 3.63) is 63.7 Å². The fourth-order valence-corrected chi connectivity index (χ4v) is 2.46. The summed E-state index contributed by atoms with van der Waals surface area (Å²) in [5.74, 6) is -0.879. The lowest BCUT2D eigenvalue weighted by Crippen LogP contribution is -2.21. The van der Waals surface area contributed by atoms with Crippen LogP contribution in [-0.4, -0.2) is 24.6 Å². The van der Waals surface area contributed by atoms with Gasteiger partial charge in [-0.3, -0.25) is 14.4 Å². The van der Waals surface area contributed by atoms with Crippen molar-refractivity contribution in [3.63, 3.8) is 0 Å². The largest absolute Gasteiger partial charge is 0.355 e. The second kappa shape index (κ2) is 7.27. The molecule has 0 bridgehead atoms. The number of hydrogen-bond donors (Lipinski definition) is 2. The number of aryl methyl sites for hydroxylation is 1. The summed E-state index contributed by atoms with van der Waals surface area (Å²) in [6.07, 6.45) is 0. The lowest BCUT2D eigenvalue weighted by Gasteiger charge is -2.12. The van der Waals surface area contributed by atoms with Crippen LogP contribution in [0.1, 0.15) is 43.6 Å². The molecule has 0 heterocycles. The first kappa shape index (κ1) is 17.7. The van der Waals surface area contributed by atoms with Gasteiger partial charge < -0.3 is 10.6 Å². The van der Waals surface area contributed by atoms with Gasteiger partial charge in [0.25, 0.3) is 11.8 Å². The van der Waals surface area contributed by atoms with Gasteiger partial charge >= 0.3 is 0 Å². The molecule has 6 heteroatoms. The normalized spacial score (nSPS) is 10.2. The molecule has 2 rings (SSSR count). The zero-order valence-electron chi connectivity index (χ0n) is 13.6. The standard InChI is InChI=1S/C18H17ClN2O3/c1-10-4-5-12(8-15(10)11(2)22)17(23)21-16-9-13(19)6-7-14(16)18(24)20-3/h4-9H,1-3H3,(H,20,24)(H,21,23). The van der Waals surface area contributed by atoms with Crippen molar-refractivity contribution in [1.82, 2.24) is 5.32 Å². The lowest BCUT2D eigenvalue weighted by molar-refractivity contribution is 0.0962. The van der Waals surface area contributed by atoms with Crippen molar-refractivity contribution >= 4 is 34.9 Å². The molecule has 0 aliphatic heterocycles. The molecule has 2 aromatic carbocycles. The Bertz CT molecular complexity index is 831. The van der Waals surface area contributed by atoms with Gasteiger partial charge in [-0.15, -0.1) is 0 Å². The van der Waals surface area contributed by atoms with Crippen LogP contribution in [0.3, 0.4) is 0 Å². The summed E-state index contributed by atoms with van der Waals surface area (Å²) in [5, 5.41) is 5.58. The third-order valence-electron chi connectivity index (χ3n) is 3.58. The summed E-state index contributed by atoms with van der Waals surface area (Å²) in [4.78, 5) is 36.0. The quantitative estimate of drug-likeness (QED) is 0.834. The molecule has 0 unspecified atom stereocenters. The first-order chi connectivity index (χ1) is 11.3. The summed E-state index contributed by atoms with van der Waals surface area (Å²) < 4.78 is 0. The van der Waals surface area contributed by atoms with Crippen molar-refractivity contribution in [2.45, 2.75) is 13.8 Å². The summed E-state index contributed by atoms with van der Waals surface area (Å²) >= 11 is 5.95. The molecule has 5 nitrogen and oxygen atoms in total. The van der Waals surface area contributed by atoms with Crippen LogP contribution in [0.15, 0.2) is 36.4 Å². The Morgan fingerprint density at radius 2 is 1.67 bits per heavy atom. The lowest BCUT2D eigenvalue weighted by atomic mass is 10.0. The number of benzene rings is 2. The van der Waals surface area contributed by atoms with E-state index < -0.39 is 5.91 Å². The zero-order chi connectivity index (χ0) is 17.9. The molecule has 0 aromatic heterocycles. The third-order valence-corrected chi connectivity index (χ3v) is 3.82. The number of nitrogens with one attached hydrogen (secondary N) is 2. The van der Waals surface area contributed by atoms with Crippen molar-refractivity contribution in [1.29, 1.82) is 0 Å². The number of halogens is 1. The highest BCUT2D eigenvalue weighted by Crippen LogP contribution is 2.22. The summed E-state index contributed by atoms with van der Waals surface area (Å²) in [5.41, 5.74) is 2.22. The average molecular weight is 345 g/mol. The van der Waals surface area contributed by atoms with Crippen molar-refractivity contribution in [3.8, 4) is 0 Å². The van der Waals surface area contributed by atoms with Gasteiger partial charge in [-0.2, -0.15) is 0 Å². The van der Waals surface area contributed by atoms with Crippen molar-refractivity contribution < 1.29 is 14.4 Å². The predicted octanol–water partition coefficient (Wildman–Crippen LogP) is 3.46. The summed E-state index contributed by atoms with van der Waals surface area (Å²) in [6, 6.07) is 9.49. The minimum Gasteiger partial charge on any atom is -0.355 e. The van der Waals surface area contributed by atoms with E-state index in [1.54, 1.807) is 25.1 Å². The van der Waals surface area contributed by atoms with E-state index in [2.05, 4.69) is 10.6 Å². The second-order valence-electron chi connectivity index (χ2n) is 5.31. The molecule has 2 amide bonds. The van der Waals surface area contributed by atoms with Crippen LogP contribution in [-0.2, 0) is 0 Å². The molecule has 24 heavy (non-hydrogen) atoms. The predicted molar refractivity (Wildman–Crippen MR) is 94.0 cm³/mol. The maximum atomic E-state index is 12.5. The highest BCUT2D eigenvalue weighted by atomic mass is 35.5. The Labute approximate surface area is 145 Å². The molecule has 0 atom stereocenters. The van der Waals surface area contributed by atoms with E-state index in [-0.39, 0.29) is 11.7 Å². The fourth-order valence-electron chi connectivity index (χ4n) is 2.29. The second-order valence-corrected chi connectivity index (χ2v) is 5.75. The van der Waals surface area contributed by atoms with E-state index in [1.807, 2.05) is 0 Å². The summed E-state index contributed by atoms with van der Waals surface area (Å²) in [7, 11) is 1.50. The Balaban J connectivity index is 2.37. The minimum atomic E-state index is -0.426. The number of Topliss-reactive ketones (excluding diaryl/α,β-unsaturated/α-hetero) is 1. The SMILES string of the molecule is CNC(=O)c1ccc(Cl)cc1NC(=O)c1ccc(C)c(C(C)=O)c1. The molecular weight excluding hydrogens is 328 g/mol. The molecule has 0 fully saturated rings. The molecular formula is C18H17ClN2O3. The van der Waals surface area contributed by atoms with Gasteiger partial charge in [0.2, 0.25) is 0 Å². The highest BCUT2D eigenvalue weighted by molar-refractivity contribution is 6.31. The number of amides is 2. The topological polar surface area (TPSA) is 75.3 Å². The van der Waals surface area contributed by atoms with Crippen LogP contribution in [0.4, 0.5) is 5.69 Å². The molecule has 0 aliphatic carbocycles. The number of hydrogen-bond acceptors (Lipinski definition) is 3. The molecule has 0 radical (unpaired) electrons. The molecule has 0 saturated carbocycles. The molecule has 2 aromatic rings. The van der Waals surface area contributed by atoms with E-state index in [0.717, 1.165) is 5.56 Å². The van der Waals surface area contributed by atoms with E-state index in [1.165, 1.54) is 32.2 Å². The van der Waals surface area contributed by atoms with Crippen LogP contribution >= 0.6 is 11.6 Å². The van der Waals surface area contributed by atoms with Crippen LogP contribution in [0.25, 0.3) is 0 Å². The average Bonchev–Trinajstić information content (AvgIpc) is 2.54. The van der Waals surface area contributed by atoms with Gasteiger partial charge in [0.05, 0.1) is 11.3 Å². The Hall–Kier alpha value is -2.66. The van der Waals surface area contributed by atoms with Gasteiger partial charge in [-0.1, -0.05) is 17.7 Å². The fraction of sp³-hybridized carbons (Fsp3) is 0.167. The Morgan fingerprint density at radius 3 is 2.29 bits per heavy atom. The Morgan fingerprint density at radius 1 is 0.958 bits per heavy atom. The van der Waals surface area contributed by atoms with Gasteiger partial charge in [0, 0.05) is 23.2 Å². The van der Waals surface area contributed by atoms with Crippen LogP contribution in [0.2, 0.25) is 5.02 Å². The third kappa shape index (κ3) is 3.81. The van der Waals surface area contributed by atoms with Gasteiger partial charge in [-0.25, -0.2) is 0 Å². The van der Waals surface area contributed by atoms with E-state index in [4.69, 9.17) is 11.6 Å². The molecule has 0 aliphatic rings. The number of ketones is 1. The van der Waals surface area contributed by atoms with Gasteiger partial charge in [0.15, 0.2) is 5.78 Å². The first-order valence-electron chi connectivity index (χ1n) is 7.28. The molecule has 2 N–H and O–H groups in total. The van der Waals surface area contributed by atoms with Crippen LogP contribution in [0, 0.1) is 6.92 Å². The van der Waals surface area contributed by atoms with Crippen LogP contribution in [0.5, 0.6) is 0 Å². The number of carbonyl (C=O) groups excluding carboxylic acids is 3. The smallest absolute Gasteiger partial charge is 0.255 e. The van der Waals surface area contributed by atoms with Gasteiger partial charge in [-0.05, 0) is 49.7 Å². The highest BCUT2D eigenvalue weighted by Gasteiger charge is 2.15. The van der Waals surface area contributed by atoms with Crippen LogP contribution < -0.4 is 10.6 Å².